The topological polar surface area (TPSA) is 46.5 Å². The van der Waals surface area contributed by atoms with E-state index >= 15 is 0 Å². The van der Waals surface area contributed by atoms with Crippen molar-refractivity contribution in [2.75, 3.05) is 6.61 Å². The molecule has 110 valence electrons. The Kier molecular flexibility index (Phi) is 5.67. The molecule has 0 radical (unpaired) electrons. The van der Waals surface area contributed by atoms with Crippen LogP contribution in [0.3, 0.4) is 0 Å². The highest BCUT2D eigenvalue weighted by Crippen LogP contribution is 2.24. The summed E-state index contributed by atoms with van der Waals surface area (Å²) in [6.45, 7) is 1.73. The molecule has 2 rings (SSSR count). The van der Waals surface area contributed by atoms with E-state index in [2.05, 4.69) is 0 Å². The monoisotopic (exact) mass is 284 g/mol. The molecular formula is C18H20O3. The lowest BCUT2D eigenvalue weighted by atomic mass is 10.00. The number of Topliss-reactive ketones (excluding diaryl/α,β-unsaturated/α-hetero) is 1. The largest absolute Gasteiger partial charge is 0.394 e. The van der Waals surface area contributed by atoms with Gasteiger partial charge in [0.15, 0.2) is 5.78 Å². The minimum atomic E-state index is -0.346. The first-order chi connectivity index (χ1) is 10.2. The number of hydrogen-bond acceptors (Lipinski definition) is 3. The molecule has 0 aromatic heterocycles. The van der Waals surface area contributed by atoms with Gasteiger partial charge < -0.3 is 9.84 Å². The summed E-state index contributed by atoms with van der Waals surface area (Å²) in [6, 6.07) is 18.8. The highest BCUT2D eigenvalue weighted by Gasteiger charge is 2.19. The van der Waals surface area contributed by atoms with Crippen molar-refractivity contribution in [3.63, 3.8) is 0 Å². The Morgan fingerprint density at radius 2 is 1.62 bits per heavy atom. The first kappa shape index (κ1) is 15.4. The third-order valence-corrected chi connectivity index (χ3v) is 3.29. The molecule has 0 fully saturated rings. The fraction of sp³-hybridized carbons (Fsp3) is 0.278. The van der Waals surface area contributed by atoms with Crippen molar-refractivity contribution in [1.82, 2.24) is 0 Å². The zero-order valence-electron chi connectivity index (χ0n) is 12.1. The van der Waals surface area contributed by atoms with E-state index in [0.29, 0.717) is 5.56 Å². The van der Waals surface area contributed by atoms with Crippen molar-refractivity contribution < 1.29 is 14.6 Å². The van der Waals surface area contributed by atoms with Gasteiger partial charge in [0.25, 0.3) is 0 Å². The smallest absolute Gasteiger partial charge is 0.165 e. The minimum absolute atomic E-state index is 0.0367. The Bertz CT molecular complexity index is 551. The van der Waals surface area contributed by atoms with Gasteiger partial charge in [0.2, 0.25) is 0 Å². The number of aliphatic hydroxyl groups is 1. The van der Waals surface area contributed by atoms with Crippen LogP contribution in [0.1, 0.15) is 35.4 Å². The predicted octanol–water partition coefficient (Wildman–Crippen LogP) is 3.40. The van der Waals surface area contributed by atoms with Gasteiger partial charge in [-0.1, -0.05) is 60.7 Å². The van der Waals surface area contributed by atoms with Crippen molar-refractivity contribution in [1.29, 1.82) is 0 Å². The number of ketones is 1. The third-order valence-electron chi connectivity index (χ3n) is 3.29. The summed E-state index contributed by atoms with van der Waals surface area (Å²) in [6.07, 6.45) is -0.391. The summed E-state index contributed by atoms with van der Waals surface area (Å²) in [7, 11) is 0. The number of ether oxygens (including phenoxy) is 1. The maximum atomic E-state index is 12.4. The Labute approximate surface area is 125 Å². The molecule has 0 amide bonds. The average molecular weight is 284 g/mol. The zero-order valence-corrected chi connectivity index (χ0v) is 12.1. The first-order valence-corrected chi connectivity index (χ1v) is 7.10. The third kappa shape index (κ3) is 4.52. The molecule has 0 saturated carbocycles. The second-order valence-corrected chi connectivity index (χ2v) is 5.02. The number of aliphatic hydroxyl groups excluding tert-OH is 1. The lowest BCUT2D eigenvalue weighted by Crippen LogP contribution is -2.19. The van der Waals surface area contributed by atoms with E-state index in [1.165, 1.54) is 0 Å². The number of benzene rings is 2. The first-order valence-electron chi connectivity index (χ1n) is 7.10. The number of carbonyl (C=O) groups excluding carboxylic acids is 1. The highest BCUT2D eigenvalue weighted by atomic mass is 16.5. The SMILES string of the molecule is CC(CO)OC(CC(=O)c1ccccc1)c1ccccc1. The quantitative estimate of drug-likeness (QED) is 0.793. The van der Waals surface area contributed by atoms with Crippen LogP contribution < -0.4 is 0 Å². The molecule has 0 saturated heterocycles. The molecular weight excluding hydrogens is 264 g/mol. The average Bonchev–Trinajstić information content (AvgIpc) is 2.55. The van der Waals surface area contributed by atoms with Crippen LogP contribution in [0.4, 0.5) is 0 Å². The van der Waals surface area contributed by atoms with Gasteiger partial charge in [-0.05, 0) is 12.5 Å². The molecule has 3 heteroatoms. The summed E-state index contributed by atoms with van der Waals surface area (Å²) in [4.78, 5) is 12.4. The molecule has 0 aliphatic rings. The molecule has 3 nitrogen and oxygen atoms in total. The maximum absolute atomic E-state index is 12.4. The van der Waals surface area contributed by atoms with Crippen LogP contribution >= 0.6 is 0 Å². The van der Waals surface area contributed by atoms with Crippen LogP contribution in [-0.4, -0.2) is 23.6 Å². The Morgan fingerprint density at radius 1 is 1.05 bits per heavy atom. The highest BCUT2D eigenvalue weighted by molar-refractivity contribution is 5.96. The van der Waals surface area contributed by atoms with Gasteiger partial charge in [-0.15, -0.1) is 0 Å². The van der Waals surface area contributed by atoms with Crippen LogP contribution in [0.5, 0.6) is 0 Å². The normalized spacial score (nSPS) is 13.6. The molecule has 2 aromatic carbocycles. The zero-order chi connectivity index (χ0) is 15.1. The molecule has 0 aliphatic heterocycles. The number of rotatable bonds is 7. The molecule has 2 atom stereocenters. The molecule has 2 unspecified atom stereocenters. The second kappa shape index (κ2) is 7.72. The number of hydrogen-bond donors (Lipinski definition) is 1. The number of carbonyl (C=O) groups is 1. The van der Waals surface area contributed by atoms with Gasteiger partial charge in [0.05, 0.1) is 18.8 Å². The van der Waals surface area contributed by atoms with Crippen LogP contribution in [0.2, 0.25) is 0 Å². The van der Waals surface area contributed by atoms with Gasteiger partial charge in [-0.3, -0.25) is 4.79 Å². The van der Waals surface area contributed by atoms with E-state index in [4.69, 9.17) is 4.74 Å². The van der Waals surface area contributed by atoms with E-state index in [1.807, 2.05) is 48.5 Å². The van der Waals surface area contributed by atoms with E-state index in [-0.39, 0.29) is 31.0 Å². The molecule has 0 heterocycles. The Balaban J connectivity index is 2.14. The molecule has 2 aromatic rings. The summed E-state index contributed by atoms with van der Waals surface area (Å²) in [5.41, 5.74) is 1.63. The fourth-order valence-corrected chi connectivity index (χ4v) is 2.15. The van der Waals surface area contributed by atoms with E-state index in [0.717, 1.165) is 5.56 Å². The van der Waals surface area contributed by atoms with Crippen LogP contribution in [0.25, 0.3) is 0 Å². The van der Waals surface area contributed by atoms with Crippen molar-refractivity contribution in [2.45, 2.75) is 25.6 Å². The summed E-state index contributed by atoms with van der Waals surface area (Å²) >= 11 is 0. The van der Waals surface area contributed by atoms with Gasteiger partial charge >= 0.3 is 0 Å². The van der Waals surface area contributed by atoms with E-state index in [1.54, 1.807) is 19.1 Å². The lowest BCUT2D eigenvalue weighted by molar-refractivity contribution is -0.0311. The molecule has 0 aliphatic carbocycles. The van der Waals surface area contributed by atoms with E-state index < -0.39 is 0 Å². The standard InChI is InChI=1S/C18H20O3/c1-14(13-19)21-18(16-10-6-3-7-11-16)12-17(20)15-8-4-2-5-9-15/h2-11,14,18-19H,12-13H2,1H3. The second-order valence-electron chi connectivity index (χ2n) is 5.02. The maximum Gasteiger partial charge on any atom is 0.165 e. The van der Waals surface area contributed by atoms with E-state index in [9.17, 15) is 9.90 Å². The summed E-state index contributed by atoms with van der Waals surface area (Å²) in [5.74, 6) is 0.0367. The molecule has 0 spiro atoms. The fourth-order valence-electron chi connectivity index (χ4n) is 2.15. The Hall–Kier alpha value is -1.97. The summed E-state index contributed by atoms with van der Waals surface area (Å²) in [5, 5.41) is 9.17. The molecule has 21 heavy (non-hydrogen) atoms. The minimum Gasteiger partial charge on any atom is -0.394 e. The van der Waals surface area contributed by atoms with Crippen LogP contribution in [-0.2, 0) is 4.74 Å². The van der Waals surface area contributed by atoms with Crippen molar-refractivity contribution in [2.24, 2.45) is 0 Å². The van der Waals surface area contributed by atoms with Gasteiger partial charge in [-0.2, -0.15) is 0 Å². The molecule has 1 N–H and O–H groups in total. The van der Waals surface area contributed by atoms with Crippen molar-refractivity contribution >= 4 is 5.78 Å². The van der Waals surface area contributed by atoms with Crippen LogP contribution in [0, 0.1) is 0 Å². The predicted molar refractivity (Wildman–Crippen MR) is 82.2 cm³/mol. The van der Waals surface area contributed by atoms with Crippen molar-refractivity contribution in [3.8, 4) is 0 Å². The van der Waals surface area contributed by atoms with Crippen molar-refractivity contribution in [3.05, 3.63) is 71.8 Å². The Morgan fingerprint density at radius 3 is 2.19 bits per heavy atom. The molecule has 0 bridgehead atoms. The van der Waals surface area contributed by atoms with Gasteiger partial charge in [0, 0.05) is 12.0 Å². The van der Waals surface area contributed by atoms with Gasteiger partial charge in [0.1, 0.15) is 0 Å². The van der Waals surface area contributed by atoms with Crippen LogP contribution in [0.15, 0.2) is 60.7 Å². The lowest BCUT2D eigenvalue weighted by Gasteiger charge is -2.21. The summed E-state index contributed by atoms with van der Waals surface area (Å²) < 4.78 is 5.81. The van der Waals surface area contributed by atoms with Gasteiger partial charge in [-0.25, -0.2) is 0 Å².